The van der Waals surface area contributed by atoms with Gasteiger partial charge in [0.15, 0.2) is 5.78 Å². The Morgan fingerprint density at radius 3 is 2.08 bits per heavy atom. The number of carbonyl (C=O) groups excluding carboxylic acids is 1. The third kappa shape index (κ3) is 9.50. The van der Waals surface area contributed by atoms with Crippen LogP contribution in [0.15, 0.2) is 0 Å². The fourth-order valence-electron chi connectivity index (χ4n) is 1.34. The molecule has 0 radical (unpaired) electrons. The molecule has 1 fully saturated rings. The molecular weight excluding hydrogens is 166 g/mol. The fraction of sp³-hybridized carbons (Fsp3) is 0.900. The lowest BCUT2D eigenvalue weighted by Gasteiger charge is -2.15. The number of nitrogens with two attached hydrogens (primary N) is 1. The first-order valence-electron chi connectivity index (χ1n) is 4.90. The molecule has 78 valence electrons. The Labute approximate surface area is 80.6 Å². The Morgan fingerprint density at radius 2 is 1.92 bits per heavy atom. The molecule has 1 rings (SSSR count). The minimum absolute atomic E-state index is 0.0671. The van der Waals surface area contributed by atoms with Gasteiger partial charge in [0, 0.05) is 13.2 Å². The molecule has 1 aliphatic carbocycles. The molecule has 13 heavy (non-hydrogen) atoms. The molecule has 1 saturated carbocycles. The minimum Gasteiger partial charge on any atom is -0.377 e. The number of carbonyl (C=O) groups is 1. The van der Waals surface area contributed by atoms with E-state index in [1.807, 2.05) is 0 Å². The molecule has 0 heterocycles. The van der Waals surface area contributed by atoms with Gasteiger partial charge in [0.1, 0.15) is 6.61 Å². The molecule has 0 aromatic heterocycles. The van der Waals surface area contributed by atoms with Crippen molar-refractivity contribution >= 4 is 5.78 Å². The number of ketones is 1. The van der Waals surface area contributed by atoms with Crippen molar-refractivity contribution in [3.8, 4) is 0 Å². The second-order valence-electron chi connectivity index (χ2n) is 3.53. The zero-order chi connectivity index (χ0) is 10.1. The van der Waals surface area contributed by atoms with E-state index in [2.05, 4.69) is 4.74 Å². The maximum absolute atomic E-state index is 9.92. The van der Waals surface area contributed by atoms with E-state index in [1.165, 1.54) is 46.1 Å². The van der Waals surface area contributed by atoms with Gasteiger partial charge < -0.3 is 10.5 Å². The molecule has 0 spiro atoms. The number of methoxy groups -OCH3 is 1. The van der Waals surface area contributed by atoms with Crippen LogP contribution < -0.4 is 5.73 Å². The lowest BCUT2D eigenvalue weighted by Crippen LogP contribution is -2.22. The number of Topliss-reactive ketones (excluding diaryl/α,β-unsaturated/α-hetero) is 1. The van der Waals surface area contributed by atoms with E-state index in [-0.39, 0.29) is 12.4 Å². The Morgan fingerprint density at radius 1 is 1.38 bits per heavy atom. The van der Waals surface area contributed by atoms with E-state index in [9.17, 15) is 4.79 Å². The van der Waals surface area contributed by atoms with Crippen molar-refractivity contribution in [1.82, 2.24) is 0 Å². The number of rotatable bonds is 2. The molecule has 0 atom stereocenters. The Kier molecular flexibility index (Phi) is 7.94. The molecule has 2 N–H and O–H groups in total. The molecule has 3 heteroatoms. The van der Waals surface area contributed by atoms with Crippen molar-refractivity contribution in [2.45, 2.75) is 45.1 Å². The molecule has 0 bridgehead atoms. The average Bonchev–Trinajstić information content (AvgIpc) is 2.06. The van der Waals surface area contributed by atoms with E-state index in [4.69, 9.17) is 5.73 Å². The van der Waals surface area contributed by atoms with Crippen LogP contribution in [0.25, 0.3) is 0 Å². The highest BCUT2D eigenvalue weighted by Gasteiger charge is 2.06. The zero-order valence-electron chi connectivity index (χ0n) is 8.71. The monoisotopic (exact) mass is 187 g/mol. The molecule has 0 saturated heterocycles. The minimum atomic E-state index is 0.0671. The van der Waals surface area contributed by atoms with E-state index in [0.717, 1.165) is 0 Å². The van der Waals surface area contributed by atoms with Crippen LogP contribution in [0, 0.1) is 0 Å². The maximum Gasteiger partial charge on any atom is 0.155 e. The number of hydrogen-bond donors (Lipinski definition) is 1. The van der Waals surface area contributed by atoms with Gasteiger partial charge in [-0.15, -0.1) is 0 Å². The lowest BCUT2D eigenvalue weighted by atomic mass is 9.97. The van der Waals surface area contributed by atoms with Crippen molar-refractivity contribution in [2.24, 2.45) is 5.73 Å². The van der Waals surface area contributed by atoms with Crippen LogP contribution in [-0.4, -0.2) is 25.5 Å². The van der Waals surface area contributed by atoms with Crippen molar-refractivity contribution in [1.29, 1.82) is 0 Å². The highest BCUT2D eigenvalue weighted by molar-refractivity contribution is 5.76. The third-order valence-electron chi connectivity index (χ3n) is 2.00. The highest BCUT2D eigenvalue weighted by atomic mass is 16.5. The molecule has 0 aromatic rings. The summed E-state index contributed by atoms with van der Waals surface area (Å²) in [7, 11) is 1.50. The summed E-state index contributed by atoms with van der Waals surface area (Å²) in [6.07, 6.45) is 6.66. The Bertz CT molecular complexity index is 131. The normalized spacial score (nSPS) is 17.5. The van der Waals surface area contributed by atoms with Gasteiger partial charge in [-0.3, -0.25) is 4.79 Å². The molecular formula is C10H21NO2. The summed E-state index contributed by atoms with van der Waals surface area (Å²) in [5.74, 6) is 0.0671. The van der Waals surface area contributed by atoms with Crippen LogP contribution in [-0.2, 0) is 9.53 Å². The van der Waals surface area contributed by atoms with Crippen LogP contribution in [0.1, 0.15) is 39.0 Å². The first kappa shape index (κ1) is 12.6. The van der Waals surface area contributed by atoms with Gasteiger partial charge >= 0.3 is 0 Å². The number of hydrogen-bond acceptors (Lipinski definition) is 3. The smallest absolute Gasteiger partial charge is 0.155 e. The van der Waals surface area contributed by atoms with Gasteiger partial charge in [0.2, 0.25) is 0 Å². The van der Waals surface area contributed by atoms with Crippen LogP contribution in [0.2, 0.25) is 0 Å². The molecule has 0 aromatic carbocycles. The largest absolute Gasteiger partial charge is 0.377 e. The summed E-state index contributed by atoms with van der Waals surface area (Å²) in [6.45, 7) is 1.73. The number of ether oxygens (including phenoxy) is 1. The average molecular weight is 187 g/mol. The maximum atomic E-state index is 9.92. The molecule has 0 amide bonds. The Balaban J connectivity index is 0.000000226. The van der Waals surface area contributed by atoms with Crippen molar-refractivity contribution in [3.63, 3.8) is 0 Å². The van der Waals surface area contributed by atoms with E-state index >= 15 is 0 Å². The van der Waals surface area contributed by atoms with Crippen LogP contribution in [0.5, 0.6) is 0 Å². The predicted molar refractivity (Wildman–Crippen MR) is 53.6 cm³/mol. The summed E-state index contributed by atoms with van der Waals surface area (Å²) >= 11 is 0. The molecule has 1 aliphatic rings. The summed E-state index contributed by atoms with van der Waals surface area (Å²) in [4.78, 5) is 9.92. The van der Waals surface area contributed by atoms with Crippen LogP contribution >= 0.6 is 0 Å². The SMILES string of the molecule is COCC(C)=O.NC1CCCCC1. The fourth-order valence-corrected chi connectivity index (χ4v) is 1.34. The summed E-state index contributed by atoms with van der Waals surface area (Å²) in [6, 6.07) is 0.536. The van der Waals surface area contributed by atoms with Gasteiger partial charge in [-0.05, 0) is 19.8 Å². The zero-order valence-corrected chi connectivity index (χ0v) is 8.71. The van der Waals surface area contributed by atoms with E-state index in [1.54, 1.807) is 0 Å². The highest BCUT2D eigenvalue weighted by Crippen LogP contribution is 2.14. The van der Waals surface area contributed by atoms with Gasteiger partial charge in [-0.1, -0.05) is 19.3 Å². The molecule has 0 unspecified atom stereocenters. The predicted octanol–water partition coefficient (Wildman–Crippen LogP) is 1.50. The molecule has 3 nitrogen and oxygen atoms in total. The van der Waals surface area contributed by atoms with Gasteiger partial charge in [0.25, 0.3) is 0 Å². The topological polar surface area (TPSA) is 52.3 Å². The molecule has 0 aliphatic heterocycles. The first-order valence-corrected chi connectivity index (χ1v) is 4.90. The standard InChI is InChI=1S/C6H13N.C4H8O2/c7-6-4-2-1-3-5-6;1-4(5)3-6-2/h6H,1-5,7H2;3H2,1-2H3. The lowest BCUT2D eigenvalue weighted by molar-refractivity contribution is -0.120. The first-order chi connectivity index (χ1) is 6.16. The van der Waals surface area contributed by atoms with Gasteiger partial charge in [-0.25, -0.2) is 0 Å². The van der Waals surface area contributed by atoms with Crippen LogP contribution in [0.3, 0.4) is 0 Å². The second kappa shape index (κ2) is 8.20. The Hall–Kier alpha value is -0.410. The van der Waals surface area contributed by atoms with Crippen molar-refractivity contribution in [3.05, 3.63) is 0 Å². The summed E-state index contributed by atoms with van der Waals surface area (Å²) in [5, 5.41) is 0. The van der Waals surface area contributed by atoms with Crippen molar-refractivity contribution in [2.75, 3.05) is 13.7 Å². The van der Waals surface area contributed by atoms with E-state index in [0.29, 0.717) is 6.04 Å². The second-order valence-corrected chi connectivity index (χ2v) is 3.53. The third-order valence-corrected chi connectivity index (χ3v) is 2.00. The van der Waals surface area contributed by atoms with Gasteiger partial charge in [0.05, 0.1) is 0 Å². The van der Waals surface area contributed by atoms with E-state index < -0.39 is 0 Å². The van der Waals surface area contributed by atoms with Crippen LogP contribution in [0.4, 0.5) is 0 Å². The summed E-state index contributed by atoms with van der Waals surface area (Å²) in [5.41, 5.74) is 5.63. The summed E-state index contributed by atoms with van der Waals surface area (Å²) < 4.78 is 4.45. The van der Waals surface area contributed by atoms with Gasteiger partial charge in [-0.2, -0.15) is 0 Å². The quantitative estimate of drug-likeness (QED) is 0.712. The van der Waals surface area contributed by atoms with Crippen molar-refractivity contribution < 1.29 is 9.53 Å².